The van der Waals surface area contributed by atoms with Gasteiger partial charge in [-0.2, -0.15) is 0 Å². The van der Waals surface area contributed by atoms with Gasteiger partial charge in [0.2, 0.25) is 0 Å². The first kappa shape index (κ1) is 15.8. The Bertz CT molecular complexity index is 264. The van der Waals surface area contributed by atoms with E-state index >= 15 is 0 Å². The van der Waals surface area contributed by atoms with Crippen LogP contribution >= 0.6 is 11.6 Å². The minimum absolute atomic E-state index is 0.00839. The van der Waals surface area contributed by atoms with Crippen molar-refractivity contribution in [1.29, 1.82) is 0 Å². The molecule has 0 saturated carbocycles. The number of hydrogen-bond acceptors (Lipinski definition) is 3. The average Bonchev–Trinajstić information content (AvgIpc) is 2.29. The van der Waals surface area contributed by atoms with Gasteiger partial charge in [-0.1, -0.05) is 26.7 Å². The second-order valence-electron chi connectivity index (χ2n) is 5.29. The molecule has 0 N–H and O–H groups in total. The van der Waals surface area contributed by atoms with Gasteiger partial charge in [-0.05, 0) is 26.2 Å². The van der Waals surface area contributed by atoms with E-state index in [2.05, 4.69) is 13.8 Å². The predicted molar refractivity (Wildman–Crippen MR) is 72.8 cm³/mol. The summed E-state index contributed by atoms with van der Waals surface area (Å²) in [5.74, 6) is 0.201. The van der Waals surface area contributed by atoms with Crippen LogP contribution in [-0.4, -0.2) is 29.7 Å². The molecule has 0 bridgehead atoms. The molecule has 4 heteroatoms. The van der Waals surface area contributed by atoms with Gasteiger partial charge >= 0.3 is 5.97 Å². The molecule has 3 nitrogen and oxygen atoms in total. The van der Waals surface area contributed by atoms with E-state index in [1.54, 1.807) is 0 Å². The number of halogens is 1. The van der Waals surface area contributed by atoms with E-state index in [9.17, 15) is 4.79 Å². The molecule has 1 rings (SSSR count). The molecular weight excluding hydrogens is 252 g/mol. The fraction of sp³-hybridized carbons (Fsp3) is 0.929. The van der Waals surface area contributed by atoms with Gasteiger partial charge in [-0.25, -0.2) is 4.79 Å². The van der Waals surface area contributed by atoms with Gasteiger partial charge in [0.1, 0.15) is 0 Å². The summed E-state index contributed by atoms with van der Waals surface area (Å²) in [5, 5.41) is 0.00839. The molecule has 0 aromatic carbocycles. The molecule has 0 amide bonds. The minimum atomic E-state index is -0.491. The smallest absolute Gasteiger partial charge is 0.335 e. The van der Waals surface area contributed by atoms with Gasteiger partial charge in [-0.3, -0.25) is 0 Å². The summed E-state index contributed by atoms with van der Waals surface area (Å²) < 4.78 is 11.1. The van der Waals surface area contributed by atoms with Crippen molar-refractivity contribution in [1.82, 2.24) is 0 Å². The van der Waals surface area contributed by atoms with Crippen molar-refractivity contribution in [2.24, 2.45) is 5.92 Å². The number of rotatable bonds is 5. The summed E-state index contributed by atoms with van der Waals surface area (Å²) >= 11 is 6.26. The predicted octanol–water partition coefficient (Wildman–Crippen LogP) is 3.53. The van der Waals surface area contributed by atoms with Gasteiger partial charge < -0.3 is 9.47 Å². The van der Waals surface area contributed by atoms with Crippen LogP contribution in [0.2, 0.25) is 0 Å². The molecule has 0 aromatic rings. The lowest BCUT2D eigenvalue weighted by atomic mass is 9.89. The zero-order valence-corrected chi connectivity index (χ0v) is 12.6. The fourth-order valence-electron chi connectivity index (χ4n) is 2.48. The molecule has 106 valence electrons. The van der Waals surface area contributed by atoms with E-state index in [0.717, 1.165) is 19.3 Å². The van der Waals surface area contributed by atoms with Crippen LogP contribution < -0.4 is 0 Å². The topological polar surface area (TPSA) is 35.5 Å². The van der Waals surface area contributed by atoms with Crippen LogP contribution in [0.4, 0.5) is 0 Å². The van der Waals surface area contributed by atoms with Crippen molar-refractivity contribution < 1.29 is 14.3 Å². The molecule has 0 radical (unpaired) electrons. The number of alkyl halides is 1. The lowest BCUT2D eigenvalue weighted by Crippen LogP contribution is -2.42. The first-order valence-corrected chi connectivity index (χ1v) is 7.41. The highest BCUT2D eigenvalue weighted by Gasteiger charge is 2.36. The average molecular weight is 277 g/mol. The molecule has 0 unspecified atom stereocenters. The molecule has 1 saturated heterocycles. The van der Waals surface area contributed by atoms with Gasteiger partial charge in [0.25, 0.3) is 0 Å². The van der Waals surface area contributed by atoms with Crippen LogP contribution in [0.3, 0.4) is 0 Å². The molecule has 1 aliphatic heterocycles. The Morgan fingerprint density at radius 2 is 1.94 bits per heavy atom. The Kier molecular flexibility index (Phi) is 6.44. The van der Waals surface area contributed by atoms with E-state index in [1.165, 1.54) is 0 Å². The Morgan fingerprint density at radius 1 is 1.33 bits per heavy atom. The zero-order chi connectivity index (χ0) is 13.7. The fourth-order valence-corrected chi connectivity index (χ4v) is 2.82. The Hall–Kier alpha value is -0.280. The highest BCUT2D eigenvalue weighted by molar-refractivity contribution is 6.20. The molecule has 0 aliphatic carbocycles. The van der Waals surface area contributed by atoms with E-state index in [0.29, 0.717) is 12.3 Å². The lowest BCUT2D eigenvalue weighted by molar-refractivity contribution is -0.172. The van der Waals surface area contributed by atoms with Crippen LogP contribution in [0.5, 0.6) is 0 Å². The summed E-state index contributed by atoms with van der Waals surface area (Å²) in [4.78, 5) is 11.9. The van der Waals surface area contributed by atoms with Crippen LogP contribution in [-0.2, 0) is 14.3 Å². The molecule has 0 aromatic heterocycles. The van der Waals surface area contributed by atoms with Gasteiger partial charge in [0.15, 0.2) is 6.10 Å². The van der Waals surface area contributed by atoms with Crippen molar-refractivity contribution in [2.75, 3.05) is 0 Å². The van der Waals surface area contributed by atoms with E-state index < -0.39 is 6.10 Å². The van der Waals surface area contributed by atoms with Gasteiger partial charge in [0.05, 0.1) is 12.2 Å². The SMILES string of the molecule is CCC(CC)[C@H]1C[C@@H](Cl)C[C@H](C(=O)OC(C)C)O1. The van der Waals surface area contributed by atoms with Crippen LogP contribution in [0.25, 0.3) is 0 Å². The summed E-state index contributed by atoms with van der Waals surface area (Å²) in [6.45, 7) is 7.99. The van der Waals surface area contributed by atoms with Crippen LogP contribution in [0.1, 0.15) is 53.4 Å². The standard InChI is InChI=1S/C14H25ClO3/c1-5-10(6-2)12-7-11(15)8-13(18-12)14(16)17-9(3)4/h9-13H,5-8H2,1-4H3/t11-,12-,13-/m1/s1. The van der Waals surface area contributed by atoms with Gasteiger partial charge in [-0.15, -0.1) is 11.6 Å². The molecular formula is C14H25ClO3. The molecule has 1 heterocycles. The van der Waals surface area contributed by atoms with Crippen molar-refractivity contribution >= 4 is 17.6 Å². The zero-order valence-electron chi connectivity index (χ0n) is 11.8. The summed E-state index contributed by atoms with van der Waals surface area (Å²) in [7, 11) is 0. The summed E-state index contributed by atoms with van der Waals surface area (Å²) in [6.07, 6.45) is 2.98. The van der Waals surface area contributed by atoms with Crippen molar-refractivity contribution in [3.63, 3.8) is 0 Å². The largest absolute Gasteiger partial charge is 0.461 e. The Morgan fingerprint density at radius 3 is 2.44 bits per heavy atom. The first-order chi connectivity index (χ1) is 8.47. The molecule has 0 spiro atoms. The number of carbonyl (C=O) groups excluding carboxylic acids is 1. The second-order valence-corrected chi connectivity index (χ2v) is 5.91. The van der Waals surface area contributed by atoms with Crippen LogP contribution in [0.15, 0.2) is 0 Å². The maximum Gasteiger partial charge on any atom is 0.335 e. The van der Waals surface area contributed by atoms with Crippen molar-refractivity contribution in [3.8, 4) is 0 Å². The lowest BCUT2D eigenvalue weighted by Gasteiger charge is -2.36. The summed E-state index contributed by atoms with van der Waals surface area (Å²) in [5.41, 5.74) is 0. The molecule has 3 atom stereocenters. The summed E-state index contributed by atoms with van der Waals surface area (Å²) in [6, 6.07) is 0. The van der Waals surface area contributed by atoms with Crippen molar-refractivity contribution in [3.05, 3.63) is 0 Å². The highest BCUT2D eigenvalue weighted by atomic mass is 35.5. The molecule has 1 fully saturated rings. The van der Waals surface area contributed by atoms with E-state index in [4.69, 9.17) is 21.1 Å². The highest BCUT2D eigenvalue weighted by Crippen LogP contribution is 2.31. The maximum absolute atomic E-state index is 11.9. The first-order valence-electron chi connectivity index (χ1n) is 6.97. The minimum Gasteiger partial charge on any atom is -0.461 e. The third-order valence-electron chi connectivity index (χ3n) is 3.49. The third kappa shape index (κ3) is 4.43. The Labute approximate surface area is 115 Å². The maximum atomic E-state index is 11.9. The Balaban J connectivity index is 2.62. The van der Waals surface area contributed by atoms with E-state index in [-0.39, 0.29) is 23.6 Å². The second kappa shape index (κ2) is 7.34. The number of esters is 1. The quantitative estimate of drug-likeness (QED) is 0.569. The third-order valence-corrected chi connectivity index (χ3v) is 3.84. The van der Waals surface area contributed by atoms with Crippen LogP contribution in [0, 0.1) is 5.92 Å². The van der Waals surface area contributed by atoms with Crippen molar-refractivity contribution in [2.45, 2.75) is 77.1 Å². The molecule has 1 aliphatic rings. The number of hydrogen-bond donors (Lipinski definition) is 0. The van der Waals surface area contributed by atoms with E-state index in [1.807, 2.05) is 13.8 Å². The number of ether oxygens (including phenoxy) is 2. The number of carbonyl (C=O) groups is 1. The van der Waals surface area contributed by atoms with Gasteiger partial charge in [0, 0.05) is 11.8 Å². The molecule has 18 heavy (non-hydrogen) atoms. The monoisotopic (exact) mass is 276 g/mol. The normalized spacial score (nSPS) is 28.7.